The van der Waals surface area contributed by atoms with Gasteiger partial charge in [0, 0.05) is 18.8 Å². The predicted molar refractivity (Wildman–Crippen MR) is 86.5 cm³/mol. The molecule has 1 aromatic carbocycles. The Hall–Kier alpha value is -2.21. The smallest absolute Gasteiger partial charge is 0.249 e. The Labute approximate surface area is 130 Å². The Kier molecular flexibility index (Phi) is 4.48. The van der Waals surface area contributed by atoms with Crippen molar-refractivity contribution in [2.75, 3.05) is 23.8 Å². The van der Waals surface area contributed by atoms with Crippen LogP contribution in [0.3, 0.4) is 0 Å². The number of hydrogen-bond donors (Lipinski definition) is 2. The van der Waals surface area contributed by atoms with Crippen LogP contribution in [0.1, 0.15) is 24.0 Å². The van der Waals surface area contributed by atoms with Crippen molar-refractivity contribution in [2.24, 2.45) is 0 Å². The lowest BCUT2D eigenvalue weighted by molar-refractivity contribution is 0.120. The molecule has 0 aliphatic carbocycles. The fourth-order valence-corrected chi connectivity index (χ4v) is 2.41. The minimum atomic E-state index is 0.270. The molecular formula is C16H21N5O. The zero-order valence-corrected chi connectivity index (χ0v) is 13.0. The van der Waals surface area contributed by atoms with E-state index in [0.717, 1.165) is 31.7 Å². The quantitative estimate of drug-likeness (QED) is 0.884. The van der Waals surface area contributed by atoms with Crippen molar-refractivity contribution >= 4 is 17.5 Å². The second-order valence-corrected chi connectivity index (χ2v) is 5.61. The molecule has 0 bridgehead atoms. The summed E-state index contributed by atoms with van der Waals surface area (Å²) >= 11 is 0. The normalized spacial score (nSPS) is 17.5. The molecule has 0 amide bonds. The molecule has 0 radical (unpaired) electrons. The summed E-state index contributed by atoms with van der Waals surface area (Å²) in [5.74, 6) is 1.19. The van der Waals surface area contributed by atoms with E-state index in [2.05, 4.69) is 51.8 Å². The lowest BCUT2D eigenvalue weighted by Crippen LogP contribution is -2.19. The number of aromatic nitrogens is 3. The van der Waals surface area contributed by atoms with Gasteiger partial charge < -0.3 is 15.4 Å². The van der Waals surface area contributed by atoms with E-state index in [4.69, 9.17) is 4.74 Å². The van der Waals surface area contributed by atoms with E-state index in [9.17, 15) is 0 Å². The van der Waals surface area contributed by atoms with Crippen molar-refractivity contribution in [3.05, 3.63) is 35.5 Å². The van der Waals surface area contributed by atoms with E-state index in [0.29, 0.717) is 11.8 Å². The summed E-state index contributed by atoms with van der Waals surface area (Å²) in [4.78, 5) is 4.43. The monoisotopic (exact) mass is 299 g/mol. The first-order chi connectivity index (χ1) is 10.7. The molecule has 116 valence electrons. The van der Waals surface area contributed by atoms with Crippen molar-refractivity contribution in [2.45, 2.75) is 32.8 Å². The van der Waals surface area contributed by atoms with Gasteiger partial charge in [0.1, 0.15) is 0 Å². The second kappa shape index (κ2) is 6.70. The summed E-state index contributed by atoms with van der Waals surface area (Å²) in [6.45, 7) is 5.78. The van der Waals surface area contributed by atoms with Crippen LogP contribution in [-0.4, -0.2) is 34.4 Å². The van der Waals surface area contributed by atoms with Crippen LogP contribution in [0.15, 0.2) is 24.4 Å². The molecule has 1 unspecified atom stereocenters. The number of ether oxygens (including phenoxy) is 1. The lowest BCUT2D eigenvalue weighted by atomic mass is 10.1. The largest absolute Gasteiger partial charge is 0.376 e. The SMILES string of the molecule is Cc1ccc(Nc2nncc(NCC3CCCO3)n2)cc1C. The zero-order valence-electron chi connectivity index (χ0n) is 13.0. The van der Waals surface area contributed by atoms with E-state index in [-0.39, 0.29) is 6.10 Å². The summed E-state index contributed by atoms with van der Waals surface area (Å²) in [6, 6.07) is 6.16. The van der Waals surface area contributed by atoms with Gasteiger partial charge in [-0.05, 0) is 49.9 Å². The van der Waals surface area contributed by atoms with Gasteiger partial charge >= 0.3 is 0 Å². The Bertz CT molecular complexity index is 640. The standard InChI is InChI=1S/C16H21N5O/c1-11-5-6-13(8-12(11)2)19-16-20-15(10-18-21-16)17-9-14-4-3-7-22-14/h5-6,8,10,14H,3-4,7,9H2,1-2H3,(H2,17,19,20,21). The third kappa shape index (κ3) is 3.71. The maximum absolute atomic E-state index is 5.58. The molecule has 1 aliphatic rings. The molecule has 1 fully saturated rings. The fourth-order valence-electron chi connectivity index (χ4n) is 2.41. The molecule has 6 heteroatoms. The Balaban J connectivity index is 1.63. The van der Waals surface area contributed by atoms with Gasteiger partial charge in [0.15, 0.2) is 5.82 Å². The summed E-state index contributed by atoms with van der Waals surface area (Å²) < 4.78 is 5.58. The minimum Gasteiger partial charge on any atom is -0.376 e. The van der Waals surface area contributed by atoms with Crippen LogP contribution in [0.25, 0.3) is 0 Å². The van der Waals surface area contributed by atoms with Gasteiger partial charge in [0.2, 0.25) is 5.95 Å². The van der Waals surface area contributed by atoms with Crippen LogP contribution in [0.5, 0.6) is 0 Å². The van der Waals surface area contributed by atoms with E-state index in [1.165, 1.54) is 11.1 Å². The summed E-state index contributed by atoms with van der Waals surface area (Å²) in [5, 5.41) is 14.4. The molecular weight excluding hydrogens is 278 g/mol. The molecule has 0 spiro atoms. The first-order valence-electron chi connectivity index (χ1n) is 7.60. The minimum absolute atomic E-state index is 0.270. The van der Waals surface area contributed by atoms with Crippen LogP contribution in [0.4, 0.5) is 17.5 Å². The average molecular weight is 299 g/mol. The lowest BCUT2D eigenvalue weighted by Gasteiger charge is -2.12. The molecule has 2 aromatic rings. The van der Waals surface area contributed by atoms with Crippen molar-refractivity contribution in [1.29, 1.82) is 0 Å². The topological polar surface area (TPSA) is 72.0 Å². The molecule has 22 heavy (non-hydrogen) atoms. The van der Waals surface area contributed by atoms with E-state index < -0.39 is 0 Å². The molecule has 6 nitrogen and oxygen atoms in total. The highest BCUT2D eigenvalue weighted by molar-refractivity contribution is 5.56. The second-order valence-electron chi connectivity index (χ2n) is 5.61. The maximum Gasteiger partial charge on any atom is 0.249 e. The van der Waals surface area contributed by atoms with Gasteiger partial charge in [0.05, 0.1) is 12.3 Å². The third-order valence-corrected chi connectivity index (χ3v) is 3.86. The van der Waals surface area contributed by atoms with Gasteiger partial charge in [-0.3, -0.25) is 0 Å². The van der Waals surface area contributed by atoms with E-state index in [1.54, 1.807) is 6.20 Å². The molecule has 1 atom stereocenters. The molecule has 0 saturated carbocycles. The van der Waals surface area contributed by atoms with Crippen molar-refractivity contribution in [1.82, 2.24) is 15.2 Å². The van der Waals surface area contributed by atoms with Crippen molar-refractivity contribution < 1.29 is 4.74 Å². The maximum atomic E-state index is 5.58. The molecule has 2 heterocycles. The van der Waals surface area contributed by atoms with E-state index >= 15 is 0 Å². The van der Waals surface area contributed by atoms with Gasteiger partial charge in [-0.25, -0.2) is 0 Å². The van der Waals surface area contributed by atoms with Crippen LogP contribution in [-0.2, 0) is 4.74 Å². The van der Waals surface area contributed by atoms with Crippen LogP contribution in [0.2, 0.25) is 0 Å². The van der Waals surface area contributed by atoms with Gasteiger partial charge in [0.25, 0.3) is 0 Å². The first-order valence-corrected chi connectivity index (χ1v) is 7.60. The first kappa shape index (κ1) is 14.7. The Morgan fingerprint density at radius 3 is 2.95 bits per heavy atom. The highest BCUT2D eigenvalue weighted by atomic mass is 16.5. The molecule has 1 aromatic heterocycles. The van der Waals surface area contributed by atoms with Crippen LogP contribution >= 0.6 is 0 Å². The predicted octanol–water partition coefficient (Wildman–Crippen LogP) is 2.82. The number of benzene rings is 1. The summed E-state index contributed by atoms with van der Waals surface area (Å²) in [5.41, 5.74) is 3.45. The number of aryl methyl sites for hydroxylation is 2. The van der Waals surface area contributed by atoms with Crippen molar-refractivity contribution in [3.8, 4) is 0 Å². The van der Waals surface area contributed by atoms with Gasteiger partial charge in [-0.2, -0.15) is 10.1 Å². The number of nitrogens with one attached hydrogen (secondary N) is 2. The highest BCUT2D eigenvalue weighted by Gasteiger charge is 2.15. The van der Waals surface area contributed by atoms with Crippen LogP contribution in [0, 0.1) is 13.8 Å². The fraction of sp³-hybridized carbons (Fsp3) is 0.438. The molecule has 1 saturated heterocycles. The highest BCUT2D eigenvalue weighted by Crippen LogP contribution is 2.18. The van der Waals surface area contributed by atoms with Gasteiger partial charge in [-0.15, -0.1) is 5.10 Å². The van der Waals surface area contributed by atoms with Gasteiger partial charge in [-0.1, -0.05) is 6.07 Å². The Morgan fingerprint density at radius 1 is 1.27 bits per heavy atom. The molecule has 3 rings (SSSR count). The van der Waals surface area contributed by atoms with Crippen LogP contribution < -0.4 is 10.6 Å². The summed E-state index contributed by atoms with van der Waals surface area (Å²) in [6.07, 6.45) is 4.12. The van der Waals surface area contributed by atoms with Crippen molar-refractivity contribution in [3.63, 3.8) is 0 Å². The zero-order chi connectivity index (χ0) is 15.4. The molecule has 2 N–H and O–H groups in total. The number of hydrogen-bond acceptors (Lipinski definition) is 6. The number of anilines is 3. The third-order valence-electron chi connectivity index (χ3n) is 3.86. The Morgan fingerprint density at radius 2 is 2.18 bits per heavy atom. The van der Waals surface area contributed by atoms with E-state index in [1.807, 2.05) is 6.07 Å². The summed E-state index contributed by atoms with van der Waals surface area (Å²) in [7, 11) is 0. The number of rotatable bonds is 5. The molecule has 1 aliphatic heterocycles. The number of nitrogens with zero attached hydrogens (tertiary/aromatic N) is 3. The average Bonchev–Trinajstić information content (AvgIpc) is 3.03.